The number of hydrogen-bond acceptors (Lipinski definition) is 3. The maximum absolute atomic E-state index is 12.7. The normalized spacial score (nSPS) is 30.9. The van der Waals surface area contributed by atoms with E-state index >= 15 is 0 Å². The monoisotopic (exact) mass is 371 g/mol. The van der Waals surface area contributed by atoms with E-state index < -0.39 is 0 Å². The zero-order chi connectivity index (χ0) is 17.1. The highest BCUT2D eigenvalue weighted by atomic mass is 35.5. The van der Waals surface area contributed by atoms with E-state index in [4.69, 9.17) is 5.73 Å². The fourth-order valence-corrected chi connectivity index (χ4v) is 4.70. The van der Waals surface area contributed by atoms with Gasteiger partial charge in [-0.3, -0.25) is 9.59 Å². The first-order valence-electron chi connectivity index (χ1n) is 9.86. The summed E-state index contributed by atoms with van der Waals surface area (Å²) in [5, 5.41) is 0. The Morgan fingerprint density at radius 1 is 0.960 bits per heavy atom. The van der Waals surface area contributed by atoms with Gasteiger partial charge in [0.05, 0.1) is 0 Å². The molecule has 3 atom stereocenters. The maximum atomic E-state index is 12.7. The Hall–Kier alpha value is -0.810. The average molecular weight is 372 g/mol. The molecule has 0 spiro atoms. The van der Waals surface area contributed by atoms with E-state index in [1.807, 2.05) is 4.90 Å². The third-order valence-corrected chi connectivity index (χ3v) is 6.32. The molecule has 6 heteroatoms. The third-order valence-electron chi connectivity index (χ3n) is 6.32. The lowest BCUT2D eigenvalue weighted by molar-refractivity contribution is -0.142. The molecule has 3 fully saturated rings. The molecule has 1 saturated carbocycles. The van der Waals surface area contributed by atoms with Crippen LogP contribution >= 0.6 is 12.4 Å². The van der Waals surface area contributed by atoms with Gasteiger partial charge in [-0.2, -0.15) is 0 Å². The Bertz CT molecular complexity index is 466. The predicted molar refractivity (Wildman–Crippen MR) is 101 cm³/mol. The van der Waals surface area contributed by atoms with Crippen molar-refractivity contribution in [2.24, 2.45) is 23.5 Å². The minimum absolute atomic E-state index is 0. The van der Waals surface area contributed by atoms with Crippen LogP contribution in [0.3, 0.4) is 0 Å². The lowest BCUT2D eigenvalue weighted by atomic mass is 9.92. The number of rotatable bonds is 3. The number of carbonyl (C=O) groups is 2. The first-order valence-corrected chi connectivity index (χ1v) is 9.86. The van der Waals surface area contributed by atoms with Gasteiger partial charge >= 0.3 is 0 Å². The molecule has 2 saturated heterocycles. The van der Waals surface area contributed by atoms with Gasteiger partial charge < -0.3 is 15.5 Å². The number of piperidine rings is 2. The number of carbonyl (C=O) groups excluding carboxylic acids is 2. The standard InChI is InChI=1S/C19H33N3O2.ClH/c1-14-4-3-9-22(13-14)19(24)15-7-10-21(11-8-15)18(23)12-16-5-2-6-17(16)20;/h14-17H,2-13,20H2,1H3;1H/t14?,16-,17+;/m0./s1. The summed E-state index contributed by atoms with van der Waals surface area (Å²) in [5.41, 5.74) is 6.09. The predicted octanol–water partition coefficient (Wildman–Crippen LogP) is 2.42. The van der Waals surface area contributed by atoms with Crippen LogP contribution in [0.25, 0.3) is 0 Å². The van der Waals surface area contributed by atoms with E-state index in [2.05, 4.69) is 11.8 Å². The van der Waals surface area contributed by atoms with E-state index in [1.54, 1.807) is 0 Å². The molecule has 144 valence electrons. The van der Waals surface area contributed by atoms with Crippen molar-refractivity contribution in [3.05, 3.63) is 0 Å². The van der Waals surface area contributed by atoms with Gasteiger partial charge in [0.1, 0.15) is 0 Å². The van der Waals surface area contributed by atoms with E-state index in [0.717, 1.165) is 64.7 Å². The Morgan fingerprint density at radius 2 is 1.68 bits per heavy atom. The first kappa shape index (κ1) is 20.5. The Morgan fingerprint density at radius 3 is 2.28 bits per heavy atom. The van der Waals surface area contributed by atoms with Crippen molar-refractivity contribution in [1.82, 2.24) is 9.80 Å². The topological polar surface area (TPSA) is 66.6 Å². The van der Waals surface area contributed by atoms with Crippen molar-refractivity contribution >= 4 is 24.2 Å². The molecule has 0 aromatic rings. The largest absolute Gasteiger partial charge is 0.343 e. The van der Waals surface area contributed by atoms with Crippen LogP contribution in [0.15, 0.2) is 0 Å². The van der Waals surface area contributed by atoms with Crippen molar-refractivity contribution in [2.45, 2.75) is 64.3 Å². The molecule has 1 aliphatic carbocycles. The molecule has 0 radical (unpaired) electrons. The van der Waals surface area contributed by atoms with Gasteiger partial charge in [-0.05, 0) is 50.4 Å². The highest BCUT2D eigenvalue weighted by Gasteiger charge is 2.33. The zero-order valence-electron chi connectivity index (χ0n) is 15.5. The van der Waals surface area contributed by atoms with Crippen molar-refractivity contribution in [2.75, 3.05) is 26.2 Å². The van der Waals surface area contributed by atoms with E-state index in [1.165, 1.54) is 6.42 Å². The molecule has 25 heavy (non-hydrogen) atoms. The first-order chi connectivity index (χ1) is 11.5. The minimum Gasteiger partial charge on any atom is -0.343 e. The van der Waals surface area contributed by atoms with Gasteiger partial charge in [0, 0.05) is 44.6 Å². The lowest BCUT2D eigenvalue weighted by Crippen LogP contribution is -2.47. The summed E-state index contributed by atoms with van der Waals surface area (Å²) >= 11 is 0. The summed E-state index contributed by atoms with van der Waals surface area (Å²) in [6.45, 7) is 5.54. The van der Waals surface area contributed by atoms with Gasteiger partial charge in [0.25, 0.3) is 0 Å². The van der Waals surface area contributed by atoms with E-state index in [0.29, 0.717) is 24.2 Å². The SMILES string of the molecule is CC1CCCN(C(=O)C2CCN(C(=O)C[C@@H]3CCC[C@H]3N)CC2)C1.Cl. The van der Waals surface area contributed by atoms with Gasteiger partial charge in [0.15, 0.2) is 0 Å². The molecule has 2 N–H and O–H groups in total. The third kappa shape index (κ3) is 5.10. The molecule has 1 unspecified atom stereocenters. The molecule has 0 bridgehead atoms. The molecule has 0 aromatic heterocycles. The fourth-order valence-electron chi connectivity index (χ4n) is 4.70. The molecule has 2 amide bonds. The Kier molecular flexibility index (Phi) is 7.56. The highest BCUT2D eigenvalue weighted by molar-refractivity contribution is 5.85. The number of likely N-dealkylation sites (tertiary alicyclic amines) is 2. The van der Waals surface area contributed by atoms with Gasteiger partial charge in [0.2, 0.25) is 11.8 Å². The van der Waals surface area contributed by atoms with Crippen LogP contribution in [0, 0.1) is 17.8 Å². The quantitative estimate of drug-likeness (QED) is 0.828. The van der Waals surface area contributed by atoms with Crippen molar-refractivity contribution < 1.29 is 9.59 Å². The summed E-state index contributed by atoms with van der Waals surface area (Å²) in [4.78, 5) is 29.2. The second-order valence-corrected chi connectivity index (χ2v) is 8.25. The van der Waals surface area contributed by atoms with Crippen LogP contribution in [-0.4, -0.2) is 53.8 Å². The molecule has 2 heterocycles. The summed E-state index contributed by atoms with van der Waals surface area (Å²) in [6.07, 6.45) is 7.93. The molecule has 3 aliphatic rings. The summed E-state index contributed by atoms with van der Waals surface area (Å²) in [7, 11) is 0. The van der Waals surface area contributed by atoms with E-state index in [-0.39, 0.29) is 30.3 Å². The molecule has 2 aliphatic heterocycles. The molecule has 0 aromatic carbocycles. The zero-order valence-corrected chi connectivity index (χ0v) is 16.3. The number of nitrogens with zero attached hydrogens (tertiary/aromatic N) is 2. The number of nitrogens with two attached hydrogens (primary N) is 1. The van der Waals surface area contributed by atoms with Crippen LogP contribution < -0.4 is 5.73 Å². The van der Waals surface area contributed by atoms with Gasteiger partial charge in [-0.25, -0.2) is 0 Å². The fraction of sp³-hybridized carbons (Fsp3) is 0.895. The van der Waals surface area contributed by atoms with Crippen LogP contribution in [0.5, 0.6) is 0 Å². The number of amides is 2. The highest BCUT2D eigenvalue weighted by Crippen LogP contribution is 2.29. The van der Waals surface area contributed by atoms with Gasteiger partial charge in [-0.15, -0.1) is 12.4 Å². The Labute approximate surface area is 158 Å². The molecular weight excluding hydrogens is 338 g/mol. The van der Waals surface area contributed by atoms with Crippen LogP contribution in [0.2, 0.25) is 0 Å². The summed E-state index contributed by atoms with van der Waals surface area (Å²) in [6, 6.07) is 0.203. The summed E-state index contributed by atoms with van der Waals surface area (Å²) in [5.74, 6) is 1.68. The van der Waals surface area contributed by atoms with E-state index in [9.17, 15) is 9.59 Å². The van der Waals surface area contributed by atoms with Crippen molar-refractivity contribution in [3.63, 3.8) is 0 Å². The molecule has 5 nitrogen and oxygen atoms in total. The van der Waals surface area contributed by atoms with Crippen LogP contribution in [-0.2, 0) is 9.59 Å². The molecule has 3 rings (SSSR count). The average Bonchev–Trinajstić information content (AvgIpc) is 2.99. The summed E-state index contributed by atoms with van der Waals surface area (Å²) < 4.78 is 0. The maximum Gasteiger partial charge on any atom is 0.225 e. The van der Waals surface area contributed by atoms with Crippen LogP contribution in [0.1, 0.15) is 58.3 Å². The van der Waals surface area contributed by atoms with Gasteiger partial charge in [-0.1, -0.05) is 13.3 Å². The second kappa shape index (κ2) is 9.22. The number of hydrogen-bond donors (Lipinski definition) is 1. The van der Waals surface area contributed by atoms with Crippen LogP contribution in [0.4, 0.5) is 0 Å². The minimum atomic E-state index is 0. The second-order valence-electron chi connectivity index (χ2n) is 8.25. The lowest BCUT2D eigenvalue weighted by Gasteiger charge is -2.37. The number of halogens is 1. The molecular formula is C19H34ClN3O2. The Balaban J connectivity index is 0.00000225. The van der Waals surface area contributed by atoms with Crippen molar-refractivity contribution in [3.8, 4) is 0 Å². The smallest absolute Gasteiger partial charge is 0.225 e. The van der Waals surface area contributed by atoms with Crippen molar-refractivity contribution in [1.29, 1.82) is 0 Å².